The lowest BCUT2D eigenvalue weighted by atomic mass is 9.34. The topological polar surface area (TPSA) is 34.1 Å². The van der Waals surface area contributed by atoms with Crippen LogP contribution in [0.2, 0.25) is 0 Å². The van der Waals surface area contributed by atoms with Gasteiger partial charge >= 0.3 is 0 Å². The van der Waals surface area contributed by atoms with Crippen molar-refractivity contribution in [1.29, 1.82) is 0 Å². The Morgan fingerprint density at radius 2 is 1.44 bits per heavy atom. The van der Waals surface area contributed by atoms with Gasteiger partial charge in [0.05, 0.1) is 0 Å². The molecule has 0 aliphatic heterocycles. The molecule has 0 aromatic heterocycles. The molecular weight excluding hydrogens is 440 g/mol. The second kappa shape index (κ2) is 8.17. The van der Waals surface area contributed by atoms with Gasteiger partial charge in [0.25, 0.3) is 0 Å². The lowest BCUT2D eigenvalue weighted by Crippen LogP contribution is -2.65. The second-order valence-electron chi connectivity index (χ2n) is 16.8. The number of rotatable bonds is 1. The van der Waals surface area contributed by atoms with Crippen molar-refractivity contribution in [3.05, 3.63) is 0 Å². The molecule has 5 fully saturated rings. The van der Waals surface area contributed by atoms with Crippen molar-refractivity contribution < 1.29 is 9.59 Å². The third-order valence-electron chi connectivity index (χ3n) is 14.5. The first kappa shape index (κ1) is 26.9. The van der Waals surface area contributed by atoms with Crippen LogP contribution >= 0.6 is 0 Å². The first-order chi connectivity index (χ1) is 16.6. The standard InChI is InChI=1S/C34H56O2/c1-22(35)34-19-14-23(29(2,3)4)28(34)24-12-10-11-13-26-31(7)17-16-27(36)30(5,6)25(31)15-18-33(26,9)32(24,8)20-21-34/h23-26,28H,10-21H2,1-9H3/t23?,24-,25-,26+,28?,31-,32+,33+,34-/m0/s1. The highest BCUT2D eigenvalue weighted by molar-refractivity contribution is 5.85. The number of carbonyl (C=O) groups is 2. The van der Waals surface area contributed by atoms with Gasteiger partial charge in [0.1, 0.15) is 11.6 Å². The molecular formula is C34H56O2. The number of Topliss-reactive ketones (excluding diaryl/α,β-unsaturated/α-hetero) is 2. The average Bonchev–Trinajstić information content (AvgIpc) is 3.17. The lowest BCUT2D eigenvalue weighted by molar-refractivity contribution is -0.217. The Morgan fingerprint density at radius 1 is 0.778 bits per heavy atom. The molecule has 0 amide bonds. The summed E-state index contributed by atoms with van der Waals surface area (Å²) in [6, 6.07) is 0. The Morgan fingerprint density at radius 3 is 2.08 bits per heavy atom. The molecule has 5 rings (SSSR count). The minimum absolute atomic E-state index is 0.0759. The van der Waals surface area contributed by atoms with Gasteiger partial charge < -0.3 is 0 Å². The highest BCUT2D eigenvalue weighted by atomic mass is 16.1. The van der Waals surface area contributed by atoms with Crippen molar-refractivity contribution in [1.82, 2.24) is 0 Å². The highest BCUT2D eigenvalue weighted by Gasteiger charge is 2.70. The predicted molar refractivity (Wildman–Crippen MR) is 149 cm³/mol. The smallest absolute Gasteiger partial charge is 0.138 e. The summed E-state index contributed by atoms with van der Waals surface area (Å²) >= 11 is 0. The Balaban J connectivity index is 1.62. The molecule has 5 aliphatic carbocycles. The van der Waals surface area contributed by atoms with Gasteiger partial charge in [0, 0.05) is 17.3 Å². The fraction of sp³-hybridized carbons (Fsp3) is 0.941. The van der Waals surface area contributed by atoms with Crippen molar-refractivity contribution >= 4 is 11.6 Å². The third kappa shape index (κ3) is 3.33. The molecule has 204 valence electrons. The van der Waals surface area contributed by atoms with E-state index >= 15 is 0 Å². The van der Waals surface area contributed by atoms with E-state index in [9.17, 15) is 9.59 Å². The molecule has 0 aromatic carbocycles. The summed E-state index contributed by atoms with van der Waals surface area (Å²) < 4.78 is 0. The van der Waals surface area contributed by atoms with Crippen molar-refractivity contribution in [2.45, 2.75) is 139 Å². The van der Waals surface area contributed by atoms with Gasteiger partial charge in [-0.15, -0.1) is 0 Å². The summed E-state index contributed by atoms with van der Waals surface area (Å²) in [6.45, 7) is 21.8. The fourth-order valence-corrected chi connectivity index (χ4v) is 12.3. The average molecular weight is 497 g/mol. The van der Waals surface area contributed by atoms with Crippen LogP contribution in [0.1, 0.15) is 139 Å². The molecule has 2 nitrogen and oxygen atoms in total. The molecule has 0 aromatic rings. The van der Waals surface area contributed by atoms with Crippen molar-refractivity contribution in [3.8, 4) is 0 Å². The number of ketones is 2. The summed E-state index contributed by atoms with van der Waals surface area (Å²) in [5, 5.41) is 0. The molecule has 0 saturated heterocycles. The maximum absolute atomic E-state index is 13.5. The number of carbonyl (C=O) groups excluding carboxylic acids is 2. The summed E-state index contributed by atoms with van der Waals surface area (Å²) in [5.41, 5.74) is 0.802. The maximum Gasteiger partial charge on any atom is 0.138 e. The molecule has 0 N–H and O–H groups in total. The normalized spacial score (nSPS) is 50.7. The van der Waals surface area contributed by atoms with Crippen LogP contribution < -0.4 is 0 Å². The summed E-state index contributed by atoms with van der Waals surface area (Å²) in [5.74, 6) is 4.03. The minimum Gasteiger partial charge on any atom is -0.299 e. The third-order valence-corrected chi connectivity index (χ3v) is 14.5. The van der Waals surface area contributed by atoms with Gasteiger partial charge in [-0.3, -0.25) is 9.59 Å². The summed E-state index contributed by atoms with van der Waals surface area (Å²) in [6.07, 6.45) is 14.3. The van der Waals surface area contributed by atoms with Crippen LogP contribution in [0.25, 0.3) is 0 Å². The zero-order valence-corrected chi connectivity index (χ0v) is 25.2. The van der Waals surface area contributed by atoms with Gasteiger partial charge in [-0.2, -0.15) is 0 Å². The Hall–Kier alpha value is -0.660. The minimum atomic E-state index is -0.184. The van der Waals surface area contributed by atoms with Crippen LogP contribution in [0.5, 0.6) is 0 Å². The maximum atomic E-state index is 13.5. The molecule has 5 saturated carbocycles. The van der Waals surface area contributed by atoms with E-state index in [4.69, 9.17) is 0 Å². The molecule has 2 unspecified atom stereocenters. The van der Waals surface area contributed by atoms with Crippen LogP contribution in [0.3, 0.4) is 0 Å². The Bertz CT molecular complexity index is 924. The highest BCUT2D eigenvalue weighted by Crippen LogP contribution is 2.76. The fourth-order valence-electron chi connectivity index (χ4n) is 12.3. The van der Waals surface area contributed by atoms with Crippen molar-refractivity contribution in [3.63, 3.8) is 0 Å². The van der Waals surface area contributed by atoms with E-state index in [-0.39, 0.29) is 32.5 Å². The van der Waals surface area contributed by atoms with Gasteiger partial charge in [-0.05, 0) is 116 Å². The molecule has 0 spiro atoms. The molecule has 0 bridgehead atoms. The first-order valence-corrected chi connectivity index (χ1v) is 15.6. The Labute approximate surface area is 222 Å². The number of fused-ring (bicyclic) bond motifs is 7. The molecule has 0 heterocycles. The molecule has 2 heteroatoms. The van der Waals surface area contributed by atoms with E-state index in [1.165, 1.54) is 51.4 Å². The van der Waals surface area contributed by atoms with Gasteiger partial charge in [-0.1, -0.05) is 68.2 Å². The molecule has 0 radical (unpaired) electrons. The second-order valence-corrected chi connectivity index (χ2v) is 16.8. The van der Waals surface area contributed by atoms with Crippen LogP contribution in [-0.2, 0) is 9.59 Å². The predicted octanol–water partition coefficient (Wildman–Crippen LogP) is 9.05. The van der Waals surface area contributed by atoms with Crippen molar-refractivity contribution in [2.75, 3.05) is 0 Å². The van der Waals surface area contributed by atoms with Crippen LogP contribution in [0.15, 0.2) is 0 Å². The van der Waals surface area contributed by atoms with Crippen LogP contribution in [-0.4, -0.2) is 11.6 Å². The summed E-state index contributed by atoms with van der Waals surface area (Å²) in [4.78, 5) is 26.6. The zero-order chi connectivity index (χ0) is 26.5. The van der Waals surface area contributed by atoms with E-state index < -0.39 is 0 Å². The van der Waals surface area contributed by atoms with E-state index in [0.29, 0.717) is 41.2 Å². The largest absolute Gasteiger partial charge is 0.299 e. The van der Waals surface area contributed by atoms with E-state index in [1.807, 2.05) is 6.92 Å². The Kier molecular flexibility index (Phi) is 6.11. The number of hydrogen-bond acceptors (Lipinski definition) is 2. The van der Waals surface area contributed by atoms with E-state index in [0.717, 1.165) is 25.7 Å². The van der Waals surface area contributed by atoms with Gasteiger partial charge in [0.2, 0.25) is 0 Å². The first-order valence-electron chi connectivity index (χ1n) is 15.6. The SMILES string of the molecule is CC(=O)[C@@]12CCC(C(C)(C)C)C1[C@@H]1CCCC[C@@H]3[C@@]4(C)CCC(=O)C(C)(C)[C@@H]4CC[C@@]3(C)[C@]1(C)CC2. The van der Waals surface area contributed by atoms with Crippen LogP contribution in [0.4, 0.5) is 0 Å². The number of hydrogen-bond donors (Lipinski definition) is 0. The van der Waals surface area contributed by atoms with Gasteiger partial charge in [0.15, 0.2) is 0 Å². The lowest BCUT2D eigenvalue weighted by Gasteiger charge is -2.70. The molecule has 36 heavy (non-hydrogen) atoms. The monoisotopic (exact) mass is 496 g/mol. The van der Waals surface area contributed by atoms with Gasteiger partial charge in [-0.25, -0.2) is 0 Å². The molecule has 9 atom stereocenters. The van der Waals surface area contributed by atoms with E-state index in [2.05, 4.69) is 55.4 Å². The van der Waals surface area contributed by atoms with Crippen LogP contribution in [0, 0.1) is 62.1 Å². The van der Waals surface area contributed by atoms with E-state index in [1.54, 1.807) is 0 Å². The summed E-state index contributed by atoms with van der Waals surface area (Å²) in [7, 11) is 0. The van der Waals surface area contributed by atoms with Crippen molar-refractivity contribution in [2.24, 2.45) is 62.1 Å². The quantitative estimate of drug-likeness (QED) is 0.363. The zero-order valence-electron chi connectivity index (χ0n) is 25.2. The molecule has 5 aliphatic rings.